The van der Waals surface area contributed by atoms with E-state index in [1.54, 1.807) is 0 Å². The van der Waals surface area contributed by atoms with Gasteiger partial charge in [-0.2, -0.15) is 0 Å². The largest absolute Gasteiger partial charge is 0.462 e. The van der Waals surface area contributed by atoms with Crippen LogP contribution >= 0.6 is 0 Å². The van der Waals surface area contributed by atoms with Crippen molar-refractivity contribution in [2.45, 2.75) is 32.9 Å². The fourth-order valence-corrected chi connectivity index (χ4v) is 4.11. The second kappa shape index (κ2) is 8.62. The number of aryl methyl sites for hydroxylation is 1. The molecule has 0 radical (unpaired) electrons. The van der Waals surface area contributed by atoms with Crippen LogP contribution in [-0.2, 0) is 11.3 Å². The molecule has 1 aliphatic heterocycles. The summed E-state index contributed by atoms with van der Waals surface area (Å²) in [6, 6.07) is 18.7. The molecule has 2 heterocycles. The van der Waals surface area contributed by atoms with Gasteiger partial charge in [-0.1, -0.05) is 36.4 Å². The number of carbonyl (C=O) groups excluding carboxylic acids is 1. The molecule has 0 saturated carbocycles. The SMILES string of the molecule is CCOC(=O)c1c(CN2CC[C@H](Nc3ccccc3)C2)nc2ccccc2c1C. The van der Waals surface area contributed by atoms with Crippen molar-refractivity contribution < 1.29 is 9.53 Å². The molecule has 29 heavy (non-hydrogen) atoms. The summed E-state index contributed by atoms with van der Waals surface area (Å²) >= 11 is 0. The summed E-state index contributed by atoms with van der Waals surface area (Å²) in [6.07, 6.45) is 1.07. The first-order chi connectivity index (χ1) is 14.2. The number of likely N-dealkylation sites (tertiary alicyclic amines) is 1. The number of nitrogens with one attached hydrogen (secondary N) is 1. The third kappa shape index (κ3) is 4.25. The van der Waals surface area contributed by atoms with E-state index in [1.807, 2.05) is 56.3 Å². The zero-order chi connectivity index (χ0) is 20.2. The number of pyridine rings is 1. The summed E-state index contributed by atoms with van der Waals surface area (Å²) < 4.78 is 5.35. The zero-order valence-electron chi connectivity index (χ0n) is 17.0. The van der Waals surface area contributed by atoms with E-state index in [0.717, 1.165) is 47.4 Å². The van der Waals surface area contributed by atoms with Gasteiger partial charge in [0.2, 0.25) is 0 Å². The molecule has 5 nitrogen and oxygen atoms in total. The number of hydrogen-bond donors (Lipinski definition) is 1. The summed E-state index contributed by atoms with van der Waals surface area (Å²) in [6.45, 7) is 6.72. The summed E-state index contributed by atoms with van der Waals surface area (Å²) in [5.74, 6) is -0.281. The molecule has 0 bridgehead atoms. The van der Waals surface area contributed by atoms with Crippen molar-refractivity contribution in [1.82, 2.24) is 9.88 Å². The Morgan fingerprint density at radius 1 is 1.17 bits per heavy atom. The minimum Gasteiger partial charge on any atom is -0.462 e. The van der Waals surface area contributed by atoms with E-state index >= 15 is 0 Å². The van der Waals surface area contributed by atoms with Gasteiger partial charge < -0.3 is 10.1 Å². The number of esters is 1. The highest BCUT2D eigenvalue weighted by atomic mass is 16.5. The van der Waals surface area contributed by atoms with E-state index in [-0.39, 0.29) is 5.97 Å². The molecular formula is C24H27N3O2. The Bertz CT molecular complexity index is 1000. The fraction of sp³-hybridized carbons (Fsp3) is 0.333. The molecule has 5 heteroatoms. The zero-order valence-corrected chi connectivity index (χ0v) is 17.0. The number of nitrogens with zero attached hydrogens (tertiary/aromatic N) is 2. The molecule has 2 aromatic carbocycles. The quantitative estimate of drug-likeness (QED) is 0.633. The van der Waals surface area contributed by atoms with Crippen molar-refractivity contribution in [3.05, 3.63) is 71.4 Å². The molecule has 1 fully saturated rings. The molecule has 0 spiro atoms. The van der Waals surface area contributed by atoms with E-state index in [0.29, 0.717) is 24.8 Å². The van der Waals surface area contributed by atoms with Crippen LogP contribution < -0.4 is 5.32 Å². The van der Waals surface area contributed by atoms with Gasteiger partial charge in [-0.05, 0) is 44.0 Å². The number of rotatable bonds is 6. The van der Waals surface area contributed by atoms with Crippen LogP contribution in [0.1, 0.15) is 35.0 Å². The van der Waals surface area contributed by atoms with Crippen LogP contribution in [0.15, 0.2) is 54.6 Å². The monoisotopic (exact) mass is 389 g/mol. The van der Waals surface area contributed by atoms with Gasteiger partial charge in [0.05, 0.1) is 23.4 Å². The van der Waals surface area contributed by atoms with Crippen molar-refractivity contribution in [3.63, 3.8) is 0 Å². The van der Waals surface area contributed by atoms with Crippen LogP contribution in [0.4, 0.5) is 5.69 Å². The van der Waals surface area contributed by atoms with Crippen LogP contribution in [-0.4, -0.2) is 41.6 Å². The van der Waals surface area contributed by atoms with Gasteiger partial charge in [-0.3, -0.25) is 9.88 Å². The molecule has 1 saturated heterocycles. The van der Waals surface area contributed by atoms with E-state index in [1.165, 1.54) is 0 Å². The van der Waals surface area contributed by atoms with Crippen LogP contribution in [0.5, 0.6) is 0 Å². The highest BCUT2D eigenvalue weighted by Gasteiger charge is 2.26. The normalized spacial score (nSPS) is 16.8. The van der Waals surface area contributed by atoms with Gasteiger partial charge in [0, 0.05) is 36.7 Å². The Labute approximate surface area is 171 Å². The summed E-state index contributed by atoms with van der Waals surface area (Å²) in [7, 11) is 0. The molecule has 0 aliphatic carbocycles. The van der Waals surface area contributed by atoms with E-state index in [2.05, 4.69) is 22.3 Å². The van der Waals surface area contributed by atoms with Crippen LogP contribution in [0.3, 0.4) is 0 Å². The predicted molar refractivity (Wildman–Crippen MR) is 116 cm³/mol. The van der Waals surface area contributed by atoms with Crippen molar-refractivity contribution in [3.8, 4) is 0 Å². The lowest BCUT2D eigenvalue weighted by molar-refractivity contribution is 0.0522. The van der Waals surface area contributed by atoms with Gasteiger partial charge in [0.25, 0.3) is 0 Å². The number of ether oxygens (including phenoxy) is 1. The highest BCUT2D eigenvalue weighted by molar-refractivity contribution is 5.98. The van der Waals surface area contributed by atoms with Crippen molar-refractivity contribution in [2.75, 3.05) is 25.0 Å². The Balaban J connectivity index is 1.57. The average molecular weight is 389 g/mol. The number of fused-ring (bicyclic) bond motifs is 1. The first-order valence-electron chi connectivity index (χ1n) is 10.2. The number of benzene rings is 2. The molecule has 150 valence electrons. The first-order valence-corrected chi connectivity index (χ1v) is 10.2. The molecule has 1 aromatic heterocycles. The maximum Gasteiger partial charge on any atom is 0.340 e. The number of aromatic nitrogens is 1. The lowest BCUT2D eigenvalue weighted by Gasteiger charge is -2.20. The van der Waals surface area contributed by atoms with Crippen LogP contribution in [0.25, 0.3) is 10.9 Å². The lowest BCUT2D eigenvalue weighted by Crippen LogP contribution is -2.27. The van der Waals surface area contributed by atoms with Gasteiger partial charge in [-0.15, -0.1) is 0 Å². The van der Waals surface area contributed by atoms with Gasteiger partial charge in [0.15, 0.2) is 0 Å². The minimum absolute atomic E-state index is 0.281. The molecule has 0 unspecified atom stereocenters. The fourth-order valence-electron chi connectivity index (χ4n) is 4.11. The van der Waals surface area contributed by atoms with Crippen molar-refractivity contribution >= 4 is 22.6 Å². The topological polar surface area (TPSA) is 54.5 Å². The molecule has 1 atom stereocenters. The molecule has 0 amide bonds. The second-order valence-electron chi connectivity index (χ2n) is 7.53. The standard InChI is InChI=1S/C24H27N3O2/c1-3-29-24(28)23-17(2)20-11-7-8-12-21(20)26-22(23)16-27-14-13-19(15-27)25-18-9-5-4-6-10-18/h4-12,19,25H,3,13-16H2,1-2H3/t19-/m0/s1. The first kappa shape index (κ1) is 19.4. The van der Waals surface area contributed by atoms with Gasteiger partial charge in [-0.25, -0.2) is 4.79 Å². The smallest absolute Gasteiger partial charge is 0.340 e. The third-order valence-electron chi connectivity index (χ3n) is 5.50. The van der Waals surface area contributed by atoms with E-state index < -0.39 is 0 Å². The number of carbonyl (C=O) groups is 1. The Morgan fingerprint density at radius 3 is 2.72 bits per heavy atom. The minimum atomic E-state index is -0.281. The van der Waals surface area contributed by atoms with Crippen LogP contribution in [0, 0.1) is 6.92 Å². The number of hydrogen-bond acceptors (Lipinski definition) is 5. The maximum atomic E-state index is 12.7. The molecule has 1 N–H and O–H groups in total. The van der Waals surface area contributed by atoms with Crippen molar-refractivity contribution in [2.24, 2.45) is 0 Å². The second-order valence-corrected chi connectivity index (χ2v) is 7.53. The van der Waals surface area contributed by atoms with Crippen LogP contribution in [0.2, 0.25) is 0 Å². The Morgan fingerprint density at radius 2 is 1.93 bits per heavy atom. The van der Waals surface area contributed by atoms with E-state index in [4.69, 9.17) is 9.72 Å². The molecule has 4 rings (SSSR count). The molecular weight excluding hydrogens is 362 g/mol. The lowest BCUT2D eigenvalue weighted by atomic mass is 10.0. The molecule has 3 aromatic rings. The number of para-hydroxylation sites is 2. The van der Waals surface area contributed by atoms with E-state index in [9.17, 15) is 4.79 Å². The summed E-state index contributed by atoms with van der Waals surface area (Å²) in [4.78, 5) is 19.9. The van der Waals surface area contributed by atoms with Crippen molar-refractivity contribution in [1.29, 1.82) is 0 Å². The maximum absolute atomic E-state index is 12.7. The molecule has 1 aliphatic rings. The predicted octanol–water partition coefficient (Wildman–Crippen LogP) is 4.41. The summed E-state index contributed by atoms with van der Waals surface area (Å²) in [5, 5.41) is 4.61. The number of anilines is 1. The Hall–Kier alpha value is -2.92. The van der Waals surface area contributed by atoms with Gasteiger partial charge in [0.1, 0.15) is 0 Å². The summed E-state index contributed by atoms with van der Waals surface area (Å²) in [5.41, 5.74) is 4.43. The highest BCUT2D eigenvalue weighted by Crippen LogP contribution is 2.26. The van der Waals surface area contributed by atoms with Gasteiger partial charge >= 0.3 is 5.97 Å². The Kier molecular flexibility index (Phi) is 5.76. The third-order valence-corrected chi connectivity index (χ3v) is 5.50. The average Bonchev–Trinajstić information content (AvgIpc) is 3.16.